The minimum Gasteiger partial charge on any atom is -0.480 e. The van der Waals surface area contributed by atoms with Crippen molar-refractivity contribution >= 4 is 40.8 Å². The molecule has 31 heavy (non-hydrogen) atoms. The number of amides is 1. The monoisotopic (exact) mass is 464 g/mol. The van der Waals surface area contributed by atoms with E-state index in [9.17, 15) is 14.7 Å². The SMILES string of the molecule is CC(C)(C)C[C@H]1N[C@@H](C(=O)O)[C@H](c2cccc(Cl)c2F)C12C(=O)Nc1cc(Cl)ccc12. The van der Waals surface area contributed by atoms with Crippen molar-refractivity contribution in [2.24, 2.45) is 5.41 Å². The highest BCUT2D eigenvalue weighted by Gasteiger charge is 2.66. The Hall–Kier alpha value is -2.15. The Balaban J connectivity index is 2.04. The van der Waals surface area contributed by atoms with Crippen LogP contribution in [0, 0.1) is 11.2 Å². The molecule has 0 aromatic heterocycles. The fraction of sp³-hybridized carbons (Fsp3) is 0.391. The summed E-state index contributed by atoms with van der Waals surface area (Å²) in [5.41, 5.74) is -0.359. The summed E-state index contributed by atoms with van der Waals surface area (Å²) in [4.78, 5) is 26.0. The van der Waals surface area contributed by atoms with Gasteiger partial charge in [0.2, 0.25) is 5.91 Å². The van der Waals surface area contributed by atoms with Crippen molar-refractivity contribution in [1.82, 2.24) is 5.32 Å². The third-order valence-corrected chi connectivity index (χ3v) is 6.73. The summed E-state index contributed by atoms with van der Waals surface area (Å²) in [6.07, 6.45) is 0.491. The van der Waals surface area contributed by atoms with E-state index in [1.54, 1.807) is 24.3 Å². The summed E-state index contributed by atoms with van der Waals surface area (Å²) in [5, 5.41) is 16.4. The van der Waals surface area contributed by atoms with Crippen LogP contribution >= 0.6 is 23.2 Å². The molecule has 0 saturated carbocycles. The summed E-state index contributed by atoms with van der Waals surface area (Å²) in [5.74, 6) is -3.26. The van der Waals surface area contributed by atoms with Crippen LogP contribution in [-0.4, -0.2) is 29.1 Å². The lowest BCUT2D eigenvalue weighted by Crippen LogP contribution is -2.49. The first-order valence-electron chi connectivity index (χ1n) is 10.0. The Morgan fingerprint density at radius 3 is 2.58 bits per heavy atom. The molecule has 1 unspecified atom stereocenters. The summed E-state index contributed by atoms with van der Waals surface area (Å²) in [6, 6.07) is 7.76. The molecule has 0 aliphatic carbocycles. The van der Waals surface area contributed by atoms with Gasteiger partial charge >= 0.3 is 5.97 Å². The van der Waals surface area contributed by atoms with Gasteiger partial charge in [-0.05, 0) is 41.2 Å². The van der Waals surface area contributed by atoms with Crippen molar-refractivity contribution in [3.63, 3.8) is 0 Å². The fourth-order valence-electron chi connectivity index (χ4n) is 5.14. The van der Waals surface area contributed by atoms with Crippen molar-refractivity contribution in [2.45, 2.75) is 50.6 Å². The summed E-state index contributed by atoms with van der Waals surface area (Å²) >= 11 is 12.2. The first-order chi connectivity index (χ1) is 14.5. The van der Waals surface area contributed by atoms with Gasteiger partial charge in [-0.1, -0.05) is 62.2 Å². The van der Waals surface area contributed by atoms with Crippen LogP contribution in [-0.2, 0) is 15.0 Å². The van der Waals surface area contributed by atoms with Crippen molar-refractivity contribution < 1.29 is 19.1 Å². The maximum Gasteiger partial charge on any atom is 0.321 e. The highest BCUT2D eigenvalue weighted by molar-refractivity contribution is 6.31. The number of halogens is 3. The van der Waals surface area contributed by atoms with E-state index in [1.165, 1.54) is 12.1 Å². The Morgan fingerprint density at radius 1 is 1.23 bits per heavy atom. The lowest BCUT2D eigenvalue weighted by molar-refractivity contribution is -0.139. The minimum absolute atomic E-state index is 0.0989. The normalized spacial score (nSPS) is 27.4. The van der Waals surface area contributed by atoms with Crippen LogP contribution in [0.5, 0.6) is 0 Å². The molecular weight excluding hydrogens is 442 g/mol. The van der Waals surface area contributed by atoms with Crippen molar-refractivity contribution in [2.75, 3.05) is 5.32 Å². The molecule has 2 aliphatic rings. The van der Waals surface area contributed by atoms with Crippen LogP contribution in [0.25, 0.3) is 0 Å². The number of fused-ring (bicyclic) bond motifs is 2. The molecule has 1 spiro atoms. The van der Waals surface area contributed by atoms with Crippen LogP contribution in [0.1, 0.15) is 44.2 Å². The molecule has 0 radical (unpaired) electrons. The Kier molecular flexibility index (Phi) is 5.31. The number of carboxylic acids is 1. The van der Waals surface area contributed by atoms with Crippen molar-refractivity contribution in [1.29, 1.82) is 0 Å². The van der Waals surface area contributed by atoms with Crippen LogP contribution < -0.4 is 10.6 Å². The molecule has 4 rings (SSSR count). The second kappa shape index (κ2) is 7.47. The average Bonchev–Trinajstić information content (AvgIpc) is 3.12. The van der Waals surface area contributed by atoms with E-state index in [1.807, 2.05) is 20.8 Å². The quantitative estimate of drug-likeness (QED) is 0.599. The highest BCUT2D eigenvalue weighted by atomic mass is 35.5. The van der Waals surface area contributed by atoms with Gasteiger partial charge in [0.15, 0.2) is 0 Å². The molecule has 4 atom stereocenters. The van der Waals surface area contributed by atoms with Gasteiger partial charge in [-0.25, -0.2) is 4.39 Å². The van der Waals surface area contributed by atoms with Gasteiger partial charge in [0, 0.05) is 22.7 Å². The fourth-order valence-corrected chi connectivity index (χ4v) is 5.49. The smallest absolute Gasteiger partial charge is 0.321 e. The average molecular weight is 465 g/mol. The van der Waals surface area contributed by atoms with Crippen LogP contribution in [0.2, 0.25) is 10.0 Å². The topological polar surface area (TPSA) is 78.4 Å². The first-order valence-corrected chi connectivity index (χ1v) is 10.8. The van der Waals surface area contributed by atoms with Crippen molar-refractivity contribution in [3.8, 4) is 0 Å². The predicted octanol–water partition coefficient (Wildman–Crippen LogP) is 4.97. The maximum atomic E-state index is 15.3. The van der Waals surface area contributed by atoms with Gasteiger partial charge in [0.05, 0.1) is 5.02 Å². The number of carbonyl (C=O) groups is 2. The minimum atomic E-state index is -1.35. The van der Waals surface area contributed by atoms with Crippen LogP contribution in [0.3, 0.4) is 0 Å². The number of carbonyl (C=O) groups excluding carboxylic acids is 1. The molecule has 2 aromatic rings. The Labute approximate surface area is 189 Å². The Morgan fingerprint density at radius 2 is 1.94 bits per heavy atom. The van der Waals surface area contributed by atoms with E-state index in [2.05, 4.69) is 10.6 Å². The maximum absolute atomic E-state index is 15.3. The number of aliphatic carboxylic acids is 1. The number of carboxylic acid groups (broad SMARTS) is 1. The zero-order valence-corrected chi connectivity index (χ0v) is 18.8. The lowest BCUT2D eigenvalue weighted by atomic mass is 9.62. The molecule has 8 heteroatoms. The zero-order valence-electron chi connectivity index (χ0n) is 17.3. The molecule has 2 aliphatic heterocycles. The van der Waals surface area contributed by atoms with Gasteiger partial charge in [-0.2, -0.15) is 0 Å². The molecule has 1 amide bonds. The van der Waals surface area contributed by atoms with Crippen LogP contribution in [0.4, 0.5) is 10.1 Å². The van der Waals surface area contributed by atoms with Crippen LogP contribution in [0.15, 0.2) is 36.4 Å². The van der Waals surface area contributed by atoms with Gasteiger partial charge in [-0.15, -0.1) is 0 Å². The second-order valence-electron chi connectivity index (χ2n) is 9.43. The molecule has 2 heterocycles. The van der Waals surface area contributed by atoms with E-state index in [4.69, 9.17) is 23.2 Å². The summed E-state index contributed by atoms with van der Waals surface area (Å²) in [7, 11) is 0. The van der Waals surface area contributed by atoms with E-state index in [-0.39, 0.29) is 21.9 Å². The molecule has 0 bridgehead atoms. The molecule has 164 valence electrons. The van der Waals surface area contributed by atoms with Crippen molar-refractivity contribution in [3.05, 3.63) is 63.4 Å². The van der Waals surface area contributed by atoms with Gasteiger partial charge in [0.25, 0.3) is 0 Å². The van der Waals surface area contributed by atoms with Gasteiger partial charge in [-0.3, -0.25) is 14.9 Å². The van der Waals surface area contributed by atoms with E-state index in [0.29, 0.717) is 22.7 Å². The van der Waals surface area contributed by atoms with Gasteiger partial charge < -0.3 is 10.4 Å². The number of rotatable bonds is 3. The van der Waals surface area contributed by atoms with E-state index >= 15 is 4.39 Å². The zero-order chi connectivity index (χ0) is 22.7. The standard InChI is InChI=1S/C23H23Cl2FN2O3/c1-22(2,3)10-16-23(13-8-7-11(24)9-15(13)27-21(23)31)17(19(28-16)20(29)30)12-5-4-6-14(25)18(12)26/h4-9,16-17,19,28H,10H2,1-3H3,(H,27,31)(H,29,30)/t16-,17+,19-,23?/m1/s1. The molecule has 1 fully saturated rings. The summed E-state index contributed by atoms with van der Waals surface area (Å²) < 4.78 is 15.3. The second-order valence-corrected chi connectivity index (χ2v) is 10.3. The Bertz CT molecular complexity index is 1080. The van der Waals surface area contributed by atoms with E-state index < -0.39 is 35.2 Å². The number of nitrogens with one attached hydrogen (secondary N) is 2. The summed E-state index contributed by atoms with van der Waals surface area (Å²) in [6.45, 7) is 6.04. The number of anilines is 1. The largest absolute Gasteiger partial charge is 0.480 e. The number of benzene rings is 2. The highest BCUT2D eigenvalue weighted by Crippen LogP contribution is 2.57. The molecular formula is C23H23Cl2FN2O3. The number of hydrogen-bond donors (Lipinski definition) is 3. The van der Waals surface area contributed by atoms with E-state index in [0.717, 1.165) is 0 Å². The lowest BCUT2D eigenvalue weighted by Gasteiger charge is -2.37. The predicted molar refractivity (Wildman–Crippen MR) is 118 cm³/mol. The molecule has 3 N–H and O–H groups in total. The molecule has 5 nitrogen and oxygen atoms in total. The van der Waals surface area contributed by atoms with Gasteiger partial charge in [0.1, 0.15) is 17.3 Å². The molecule has 1 saturated heterocycles. The third kappa shape index (κ3) is 3.41. The molecule has 2 aromatic carbocycles. The first kappa shape index (κ1) is 22.1. The number of hydrogen-bond acceptors (Lipinski definition) is 3. The third-order valence-electron chi connectivity index (χ3n) is 6.20.